The topological polar surface area (TPSA) is 47.6 Å². The van der Waals surface area contributed by atoms with Crippen LogP contribution in [0.2, 0.25) is 0 Å². The fraction of sp³-hybridized carbons (Fsp3) is 0.450. The summed E-state index contributed by atoms with van der Waals surface area (Å²) in [5.74, 6) is -0.243. The molecular formula is C20H27FN4OS. The van der Waals surface area contributed by atoms with Gasteiger partial charge in [0.15, 0.2) is 0 Å². The van der Waals surface area contributed by atoms with Crippen LogP contribution in [0.25, 0.3) is 0 Å². The molecule has 1 aliphatic rings. The van der Waals surface area contributed by atoms with E-state index in [1.165, 1.54) is 17.0 Å². The number of hydrogen-bond donors (Lipinski definition) is 2. The molecule has 0 aliphatic carbocycles. The van der Waals surface area contributed by atoms with E-state index in [-0.39, 0.29) is 17.9 Å². The van der Waals surface area contributed by atoms with Crippen molar-refractivity contribution < 1.29 is 9.18 Å². The summed E-state index contributed by atoms with van der Waals surface area (Å²) in [6.07, 6.45) is 0.681. The summed E-state index contributed by atoms with van der Waals surface area (Å²) in [5.41, 5.74) is 1.01. The Kier molecular flexibility index (Phi) is 7.20. The van der Waals surface area contributed by atoms with Crippen LogP contribution in [0, 0.1) is 5.82 Å². The number of benzene rings is 1. The van der Waals surface area contributed by atoms with E-state index in [1.807, 2.05) is 0 Å². The van der Waals surface area contributed by atoms with Gasteiger partial charge in [0.25, 0.3) is 0 Å². The molecule has 1 aromatic carbocycles. The number of thiophene rings is 1. The molecular weight excluding hydrogens is 363 g/mol. The zero-order valence-corrected chi connectivity index (χ0v) is 16.5. The van der Waals surface area contributed by atoms with E-state index >= 15 is 0 Å². The minimum Gasteiger partial charge on any atom is -0.338 e. The average molecular weight is 391 g/mol. The number of rotatable bonds is 7. The Bertz CT molecular complexity index is 699. The number of halogens is 1. The lowest BCUT2D eigenvalue weighted by Gasteiger charge is -2.37. The number of hydrogen-bond acceptors (Lipinski definition) is 4. The van der Waals surface area contributed by atoms with Gasteiger partial charge in [0.1, 0.15) is 5.82 Å². The number of nitrogens with zero attached hydrogens (tertiary/aromatic N) is 2. The highest BCUT2D eigenvalue weighted by atomic mass is 32.1. The molecule has 2 aromatic rings. The minimum atomic E-state index is -0.243. The third-order valence-corrected chi connectivity index (χ3v) is 5.89. The van der Waals surface area contributed by atoms with E-state index in [0.717, 1.165) is 31.7 Å². The zero-order chi connectivity index (χ0) is 19.1. The smallest absolute Gasteiger partial charge is 0.314 e. The van der Waals surface area contributed by atoms with Gasteiger partial charge in [0.05, 0.1) is 6.04 Å². The molecule has 1 fully saturated rings. The fourth-order valence-corrected chi connectivity index (χ4v) is 4.11. The monoisotopic (exact) mass is 390 g/mol. The summed E-state index contributed by atoms with van der Waals surface area (Å²) in [6, 6.07) is 10.6. The zero-order valence-electron chi connectivity index (χ0n) is 15.7. The summed E-state index contributed by atoms with van der Waals surface area (Å²) in [4.78, 5) is 18.3. The van der Waals surface area contributed by atoms with Gasteiger partial charge in [0, 0.05) is 44.1 Å². The maximum absolute atomic E-state index is 12.9. The number of likely N-dealkylation sites (N-methyl/N-ethyl adjacent to an activating group) is 1. The Labute approximate surface area is 164 Å². The van der Waals surface area contributed by atoms with E-state index in [0.29, 0.717) is 19.5 Å². The lowest BCUT2D eigenvalue weighted by molar-refractivity contribution is 0.112. The van der Waals surface area contributed by atoms with E-state index in [2.05, 4.69) is 45.0 Å². The number of nitrogens with one attached hydrogen (secondary N) is 2. The molecule has 0 saturated carbocycles. The summed E-state index contributed by atoms with van der Waals surface area (Å²) in [7, 11) is 2.14. The van der Waals surface area contributed by atoms with Crippen LogP contribution in [0.1, 0.15) is 16.5 Å². The van der Waals surface area contributed by atoms with Gasteiger partial charge in [-0.25, -0.2) is 9.18 Å². The predicted octanol–water partition coefficient (Wildman–Crippen LogP) is 2.72. The molecule has 27 heavy (non-hydrogen) atoms. The van der Waals surface area contributed by atoms with Gasteiger partial charge in [0.2, 0.25) is 0 Å². The van der Waals surface area contributed by atoms with Crippen LogP contribution in [0.3, 0.4) is 0 Å². The van der Waals surface area contributed by atoms with Crippen molar-refractivity contribution in [3.05, 3.63) is 58.0 Å². The summed E-state index contributed by atoms with van der Waals surface area (Å²) >= 11 is 1.74. The molecule has 1 saturated heterocycles. The molecule has 2 heterocycles. The van der Waals surface area contributed by atoms with Gasteiger partial charge in [-0.05, 0) is 42.6 Å². The molecule has 2 N–H and O–H groups in total. The first-order valence-corrected chi connectivity index (χ1v) is 10.2. The highest BCUT2D eigenvalue weighted by Crippen LogP contribution is 2.25. The van der Waals surface area contributed by atoms with Crippen molar-refractivity contribution in [3.8, 4) is 0 Å². The second-order valence-electron chi connectivity index (χ2n) is 6.88. The van der Waals surface area contributed by atoms with Crippen LogP contribution in [-0.4, -0.2) is 62.1 Å². The van der Waals surface area contributed by atoms with E-state index < -0.39 is 0 Å². The van der Waals surface area contributed by atoms with Crippen molar-refractivity contribution in [1.82, 2.24) is 20.4 Å². The van der Waals surface area contributed by atoms with E-state index in [1.54, 1.807) is 23.5 Å². The van der Waals surface area contributed by atoms with Crippen molar-refractivity contribution >= 4 is 17.4 Å². The van der Waals surface area contributed by atoms with Crippen LogP contribution >= 0.6 is 11.3 Å². The highest BCUT2D eigenvalue weighted by molar-refractivity contribution is 7.10. The number of carbonyl (C=O) groups is 1. The Balaban J connectivity index is 1.46. The maximum Gasteiger partial charge on any atom is 0.314 e. The Hall–Kier alpha value is -1.96. The van der Waals surface area contributed by atoms with Crippen molar-refractivity contribution in [2.45, 2.75) is 12.5 Å². The first-order chi connectivity index (χ1) is 13.1. The van der Waals surface area contributed by atoms with Crippen LogP contribution in [0.4, 0.5) is 9.18 Å². The molecule has 0 bridgehead atoms. The van der Waals surface area contributed by atoms with Crippen molar-refractivity contribution in [2.75, 3.05) is 46.3 Å². The van der Waals surface area contributed by atoms with Gasteiger partial charge in [-0.3, -0.25) is 4.90 Å². The van der Waals surface area contributed by atoms with Crippen molar-refractivity contribution in [1.29, 1.82) is 0 Å². The Morgan fingerprint density at radius 2 is 1.89 bits per heavy atom. The minimum absolute atomic E-state index is 0.159. The summed E-state index contributed by atoms with van der Waals surface area (Å²) < 4.78 is 12.9. The number of urea groups is 1. The summed E-state index contributed by atoms with van der Waals surface area (Å²) in [5, 5.41) is 7.99. The number of amides is 2. The van der Waals surface area contributed by atoms with E-state index in [9.17, 15) is 9.18 Å². The van der Waals surface area contributed by atoms with Gasteiger partial charge in [-0.15, -0.1) is 11.3 Å². The normalized spacial score (nSPS) is 16.8. The van der Waals surface area contributed by atoms with Crippen molar-refractivity contribution in [2.24, 2.45) is 0 Å². The quantitative estimate of drug-likeness (QED) is 0.764. The standard InChI is InChI=1S/C20H27FN4OS/c1-24-10-12-25(13-11-24)18(19-3-2-14-27-19)15-23-20(26)22-9-8-16-4-6-17(21)7-5-16/h2-7,14,18H,8-13,15H2,1H3,(H2,22,23,26)/t18-/m0/s1. The SMILES string of the molecule is CN1CCN([C@@H](CNC(=O)NCCc2ccc(F)cc2)c2cccs2)CC1. The lowest BCUT2D eigenvalue weighted by Crippen LogP contribution is -2.49. The predicted molar refractivity (Wildman–Crippen MR) is 108 cm³/mol. The number of carbonyl (C=O) groups excluding carboxylic acids is 1. The average Bonchev–Trinajstić information content (AvgIpc) is 3.19. The molecule has 0 radical (unpaired) electrons. The third-order valence-electron chi connectivity index (χ3n) is 4.92. The van der Waals surface area contributed by atoms with Gasteiger partial charge < -0.3 is 15.5 Å². The lowest BCUT2D eigenvalue weighted by atomic mass is 10.1. The van der Waals surface area contributed by atoms with Crippen LogP contribution in [0.15, 0.2) is 41.8 Å². The molecule has 5 nitrogen and oxygen atoms in total. The fourth-order valence-electron chi connectivity index (χ4n) is 3.25. The van der Waals surface area contributed by atoms with Crippen molar-refractivity contribution in [3.63, 3.8) is 0 Å². The Morgan fingerprint density at radius 1 is 1.15 bits per heavy atom. The van der Waals surface area contributed by atoms with E-state index in [4.69, 9.17) is 0 Å². The molecule has 146 valence electrons. The maximum atomic E-state index is 12.9. The third kappa shape index (κ3) is 6.02. The van der Waals surface area contributed by atoms with Crippen LogP contribution < -0.4 is 10.6 Å². The van der Waals surface area contributed by atoms with Crippen LogP contribution in [0.5, 0.6) is 0 Å². The molecule has 0 unspecified atom stereocenters. The first kappa shape index (κ1) is 19.8. The highest BCUT2D eigenvalue weighted by Gasteiger charge is 2.25. The second kappa shape index (κ2) is 9.82. The summed E-state index contributed by atoms with van der Waals surface area (Å²) in [6.45, 7) is 5.22. The first-order valence-electron chi connectivity index (χ1n) is 9.34. The van der Waals surface area contributed by atoms with Gasteiger partial charge >= 0.3 is 6.03 Å². The molecule has 3 rings (SSSR count). The molecule has 1 aliphatic heterocycles. The largest absolute Gasteiger partial charge is 0.338 e. The molecule has 2 amide bonds. The van der Waals surface area contributed by atoms with Crippen LogP contribution in [-0.2, 0) is 6.42 Å². The molecule has 1 atom stereocenters. The second-order valence-corrected chi connectivity index (χ2v) is 7.86. The Morgan fingerprint density at radius 3 is 2.56 bits per heavy atom. The number of piperazine rings is 1. The van der Waals surface area contributed by atoms with Gasteiger partial charge in [-0.1, -0.05) is 18.2 Å². The molecule has 1 aromatic heterocycles. The molecule has 0 spiro atoms. The van der Waals surface area contributed by atoms with Gasteiger partial charge in [-0.2, -0.15) is 0 Å². The molecule has 7 heteroatoms.